The van der Waals surface area contributed by atoms with Crippen LogP contribution in [-0.2, 0) is 11.2 Å². The van der Waals surface area contributed by atoms with Crippen LogP contribution >= 0.6 is 0 Å². The Morgan fingerprint density at radius 3 is 2.10 bits per heavy atom. The maximum atomic E-state index is 12.2. The SMILES string of the molecule is COc1cc(CC(CN)C(=O)NC(C)(C)C)cc(OC)c1. The maximum Gasteiger partial charge on any atom is 0.225 e. The third kappa shape index (κ3) is 5.63. The second-order valence-electron chi connectivity index (χ2n) is 6.10. The molecule has 0 aliphatic heterocycles. The molecule has 1 rings (SSSR count). The molecular formula is C16H26N2O3. The highest BCUT2D eigenvalue weighted by Crippen LogP contribution is 2.24. The zero-order chi connectivity index (χ0) is 16.0. The van der Waals surface area contributed by atoms with Gasteiger partial charge in [-0.1, -0.05) is 0 Å². The number of carbonyl (C=O) groups is 1. The van der Waals surface area contributed by atoms with Crippen LogP contribution in [0.1, 0.15) is 26.3 Å². The quantitative estimate of drug-likeness (QED) is 0.838. The number of nitrogens with one attached hydrogen (secondary N) is 1. The van der Waals surface area contributed by atoms with Gasteiger partial charge in [0.15, 0.2) is 0 Å². The molecule has 1 aromatic rings. The first-order valence-corrected chi connectivity index (χ1v) is 7.03. The van der Waals surface area contributed by atoms with Crippen LogP contribution in [0.3, 0.4) is 0 Å². The van der Waals surface area contributed by atoms with E-state index in [4.69, 9.17) is 15.2 Å². The first-order valence-electron chi connectivity index (χ1n) is 7.03. The predicted octanol–water partition coefficient (Wildman–Crippen LogP) is 1.74. The van der Waals surface area contributed by atoms with Gasteiger partial charge in [-0.05, 0) is 44.9 Å². The Morgan fingerprint density at radius 1 is 1.19 bits per heavy atom. The van der Waals surface area contributed by atoms with Gasteiger partial charge >= 0.3 is 0 Å². The van der Waals surface area contributed by atoms with E-state index in [1.54, 1.807) is 20.3 Å². The van der Waals surface area contributed by atoms with Crippen LogP contribution in [0, 0.1) is 5.92 Å². The minimum atomic E-state index is -0.277. The predicted molar refractivity (Wildman–Crippen MR) is 83.7 cm³/mol. The number of carbonyl (C=O) groups excluding carboxylic acids is 1. The Morgan fingerprint density at radius 2 is 1.71 bits per heavy atom. The molecule has 0 aliphatic rings. The molecule has 1 atom stereocenters. The van der Waals surface area contributed by atoms with E-state index >= 15 is 0 Å². The van der Waals surface area contributed by atoms with E-state index in [0.717, 1.165) is 5.56 Å². The number of ether oxygens (including phenoxy) is 2. The Hall–Kier alpha value is -1.75. The average Bonchev–Trinajstić information content (AvgIpc) is 2.42. The number of methoxy groups -OCH3 is 2. The van der Waals surface area contributed by atoms with Gasteiger partial charge in [0.05, 0.1) is 20.1 Å². The zero-order valence-corrected chi connectivity index (χ0v) is 13.5. The van der Waals surface area contributed by atoms with E-state index in [9.17, 15) is 4.79 Å². The highest BCUT2D eigenvalue weighted by atomic mass is 16.5. The van der Waals surface area contributed by atoms with Crippen molar-refractivity contribution in [2.75, 3.05) is 20.8 Å². The van der Waals surface area contributed by atoms with Crippen molar-refractivity contribution < 1.29 is 14.3 Å². The summed E-state index contributed by atoms with van der Waals surface area (Å²) in [5.41, 5.74) is 6.45. The Labute approximate surface area is 126 Å². The molecular weight excluding hydrogens is 268 g/mol. The van der Waals surface area contributed by atoms with Crippen LogP contribution in [0.4, 0.5) is 0 Å². The molecule has 0 spiro atoms. The molecule has 0 radical (unpaired) electrons. The van der Waals surface area contributed by atoms with Gasteiger partial charge in [0, 0.05) is 18.2 Å². The molecule has 0 saturated carbocycles. The average molecular weight is 294 g/mol. The molecule has 1 amide bonds. The Balaban J connectivity index is 2.88. The summed E-state index contributed by atoms with van der Waals surface area (Å²) in [5.74, 6) is 1.10. The van der Waals surface area contributed by atoms with E-state index in [0.29, 0.717) is 24.5 Å². The first-order chi connectivity index (χ1) is 9.78. The van der Waals surface area contributed by atoms with Crippen molar-refractivity contribution >= 4 is 5.91 Å². The number of rotatable bonds is 6. The molecule has 0 bridgehead atoms. The van der Waals surface area contributed by atoms with Crippen LogP contribution in [0.15, 0.2) is 18.2 Å². The minimum Gasteiger partial charge on any atom is -0.497 e. The van der Waals surface area contributed by atoms with E-state index in [1.807, 2.05) is 32.9 Å². The molecule has 0 aliphatic carbocycles. The van der Waals surface area contributed by atoms with Crippen molar-refractivity contribution in [2.45, 2.75) is 32.7 Å². The van der Waals surface area contributed by atoms with Gasteiger partial charge in [0.1, 0.15) is 11.5 Å². The molecule has 5 nitrogen and oxygen atoms in total. The van der Waals surface area contributed by atoms with E-state index in [-0.39, 0.29) is 17.4 Å². The molecule has 21 heavy (non-hydrogen) atoms. The van der Waals surface area contributed by atoms with Gasteiger partial charge < -0.3 is 20.5 Å². The summed E-state index contributed by atoms with van der Waals surface area (Å²) in [5, 5.41) is 2.97. The van der Waals surface area contributed by atoms with Gasteiger partial charge in [-0.3, -0.25) is 4.79 Å². The number of benzene rings is 1. The third-order valence-electron chi connectivity index (χ3n) is 3.05. The van der Waals surface area contributed by atoms with E-state index in [2.05, 4.69) is 5.32 Å². The summed E-state index contributed by atoms with van der Waals surface area (Å²) in [4.78, 5) is 12.2. The van der Waals surface area contributed by atoms with Gasteiger partial charge in [-0.15, -0.1) is 0 Å². The second kappa shape index (κ2) is 7.31. The van der Waals surface area contributed by atoms with Crippen LogP contribution < -0.4 is 20.5 Å². The van der Waals surface area contributed by atoms with Crippen LogP contribution in [0.5, 0.6) is 11.5 Å². The monoisotopic (exact) mass is 294 g/mol. The minimum absolute atomic E-state index is 0.0354. The Bertz CT molecular complexity index is 459. The van der Waals surface area contributed by atoms with Crippen molar-refractivity contribution in [3.05, 3.63) is 23.8 Å². The summed E-state index contributed by atoms with van der Waals surface area (Å²) in [6.07, 6.45) is 0.548. The molecule has 0 fully saturated rings. The third-order valence-corrected chi connectivity index (χ3v) is 3.05. The number of hydrogen-bond donors (Lipinski definition) is 2. The molecule has 5 heteroatoms. The fourth-order valence-corrected chi connectivity index (χ4v) is 2.02. The molecule has 0 aromatic heterocycles. The standard InChI is InChI=1S/C16H26N2O3/c1-16(2,3)18-15(19)12(10-17)6-11-7-13(20-4)9-14(8-11)21-5/h7-9,12H,6,10,17H2,1-5H3,(H,18,19). The lowest BCUT2D eigenvalue weighted by Gasteiger charge is -2.24. The van der Waals surface area contributed by atoms with Gasteiger partial charge in [-0.25, -0.2) is 0 Å². The van der Waals surface area contributed by atoms with Gasteiger partial charge in [-0.2, -0.15) is 0 Å². The van der Waals surface area contributed by atoms with Crippen molar-refractivity contribution in [1.82, 2.24) is 5.32 Å². The Kier molecular flexibility index (Phi) is 6.03. The largest absolute Gasteiger partial charge is 0.497 e. The highest BCUT2D eigenvalue weighted by Gasteiger charge is 2.22. The van der Waals surface area contributed by atoms with Crippen LogP contribution in [-0.4, -0.2) is 32.2 Å². The fraction of sp³-hybridized carbons (Fsp3) is 0.562. The molecule has 0 saturated heterocycles. The molecule has 1 aromatic carbocycles. The lowest BCUT2D eigenvalue weighted by Crippen LogP contribution is -2.46. The topological polar surface area (TPSA) is 73.6 Å². The molecule has 118 valence electrons. The number of hydrogen-bond acceptors (Lipinski definition) is 4. The lowest BCUT2D eigenvalue weighted by atomic mass is 9.96. The summed E-state index contributed by atoms with van der Waals surface area (Å²) in [6.45, 7) is 6.15. The first kappa shape index (κ1) is 17.3. The van der Waals surface area contributed by atoms with Crippen molar-refractivity contribution in [3.8, 4) is 11.5 Å². The van der Waals surface area contributed by atoms with Crippen molar-refractivity contribution in [3.63, 3.8) is 0 Å². The summed E-state index contributed by atoms with van der Waals surface area (Å²) < 4.78 is 10.5. The second-order valence-corrected chi connectivity index (χ2v) is 6.10. The van der Waals surface area contributed by atoms with E-state index < -0.39 is 0 Å². The van der Waals surface area contributed by atoms with E-state index in [1.165, 1.54) is 0 Å². The van der Waals surface area contributed by atoms with Crippen LogP contribution in [0.2, 0.25) is 0 Å². The molecule has 0 heterocycles. The van der Waals surface area contributed by atoms with Crippen molar-refractivity contribution in [1.29, 1.82) is 0 Å². The number of amides is 1. The smallest absolute Gasteiger partial charge is 0.225 e. The molecule has 1 unspecified atom stereocenters. The normalized spacial score (nSPS) is 12.7. The zero-order valence-electron chi connectivity index (χ0n) is 13.5. The number of nitrogens with two attached hydrogens (primary N) is 1. The van der Waals surface area contributed by atoms with Crippen molar-refractivity contribution in [2.24, 2.45) is 11.7 Å². The van der Waals surface area contributed by atoms with Crippen LogP contribution in [0.25, 0.3) is 0 Å². The maximum absolute atomic E-state index is 12.2. The summed E-state index contributed by atoms with van der Waals surface area (Å²) >= 11 is 0. The highest BCUT2D eigenvalue weighted by molar-refractivity contribution is 5.79. The molecule has 3 N–H and O–H groups in total. The summed E-state index contributed by atoms with van der Waals surface area (Å²) in [6, 6.07) is 5.60. The van der Waals surface area contributed by atoms with Gasteiger partial charge in [0.2, 0.25) is 5.91 Å². The van der Waals surface area contributed by atoms with Gasteiger partial charge in [0.25, 0.3) is 0 Å². The summed E-state index contributed by atoms with van der Waals surface area (Å²) in [7, 11) is 3.20. The lowest BCUT2D eigenvalue weighted by molar-refractivity contribution is -0.126. The fourth-order valence-electron chi connectivity index (χ4n) is 2.02.